The summed E-state index contributed by atoms with van der Waals surface area (Å²) in [5, 5.41) is 25.4. The number of rotatable bonds is 11. The number of aliphatic hydroxyl groups is 1. The van der Waals surface area contributed by atoms with Gasteiger partial charge in [0.05, 0.1) is 6.61 Å². The van der Waals surface area contributed by atoms with Gasteiger partial charge in [-0.1, -0.05) is 42.5 Å². The van der Waals surface area contributed by atoms with Gasteiger partial charge in [0.1, 0.15) is 35.1 Å². The lowest BCUT2D eigenvalue weighted by Crippen LogP contribution is -2.59. The first-order chi connectivity index (χ1) is 20.6. The van der Waals surface area contributed by atoms with Crippen LogP contribution in [0.4, 0.5) is 4.79 Å². The van der Waals surface area contributed by atoms with Crippen LogP contribution in [0.15, 0.2) is 54.6 Å². The molecule has 2 aromatic carbocycles. The molecule has 11 heteroatoms. The summed E-state index contributed by atoms with van der Waals surface area (Å²) in [4.78, 5) is 55.6. The van der Waals surface area contributed by atoms with Crippen LogP contribution in [0.1, 0.15) is 78.0 Å². The molecule has 0 saturated heterocycles. The van der Waals surface area contributed by atoms with Gasteiger partial charge in [0, 0.05) is 12.5 Å². The molecule has 0 spiro atoms. The Morgan fingerprint density at radius 3 is 1.95 bits per heavy atom. The number of hydrogen-bond donors (Lipinski definition) is 4. The van der Waals surface area contributed by atoms with E-state index in [1.807, 2.05) is 30.3 Å². The van der Waals surface area contributed by atoms with Crippen molar-refractivity contribution in [1.29, 1.82) is 0 Å². The molecule has 2 aromatic rings. The number of hydrogen-bond acceptors (Lipinski definition) is 8. The Balaban J connectivity index is 2.01. The van der Waals surface area contributed by atoms with Crippen LogP contribution < -0.4 is 10.6 Å². The monoisotopic (exact) mass is 611 g/mol. The molecule has 1 saturated carbocycles. The Kier molecular flexibility index (Phi) is 11.4. The maximum absolute atomic E-state index is 14.3. The number of aliphatic hydroxyl groups excluding tert-OH is 1. The number of esters is 1. The van der Waals surface area contributed by atoms with Crippen LogP contribution in [0.2, 0.25) is 0 Å². The number of benzene rings is 2. The molecule has 240 valence electrons. The summed E-state index contributed by atoms with van der Waals surface area (Å²) in [5.41, 5.74) is -0.497. The molecule has 44 heavy (non-hydrogen) atoms. The van der Waals surface area contributed by atoms with Crippen LogP contribution in [0.5, 0.6) is 5.75 Å². The Morgan fingerprint density at radius 2 is 1.45 bits per heavy atom. The fourth-order valence-electron chi connectivity index (χ4n) is 4.76. The highest BCUT2D eigenvalue weighted by atomic mass is 16.6. The van der Waals surface area contributed by atoms with Gasteiger partial charge in [-0.2, -0.15) is 0 Å². The second-order valence-electron chi connectivity index (χ2n) is 13.0. The largest absolute Gasteiger partial charge is 0.508 e. The van der Waals surface area contributed by atoms with Crippen molar-refractivity contribution in [3.8, 4) is 5.75 Å². The number of carbonyl (C=O) groups is 4. The zero-order valence-corrected chi connectivity index (χ0v) is 26.3. The summed E-state index contributed by atoms with van der Waals surface area (Å²) >= 11 is 0. The molecule has 0 bridgehead atoms. The topological polar surface area (TPSA) is 154 Å². The van der Waals surface area contributed by atoms with Gasteiger partial charge >= 0.3 is 12.1 Å². The van der Waals surface area contributed by atoms with E-state index in [-0.39, 0.29) is 18.2 Å². The van der Waals surface area contributed by atoms with Crippen LogP contribution in [-0.2, 0) is 30.3 Å². The van der Waals surface area contributed by atoms with Crippen LogP contribution in [0.25, 0.3) is 0 Å². The van der Waals surface area contributed by atoms with E-state index in [9.17, 15) is 29.4 Å². The first-order valence-electron chi connectivity index (χ1n) is 14.9. The molecule has 4 N–H and O–H groups in total. The maximum Gasteiger partial charge on any atom is 0.408 e. The molecule has 3 amide bonds. The number of nitrogens with one attached hydrogen (secondary N) is 2. The SMILES string of the molecule is CC(C)(C)OC(=O)NC(CO)C(=O)N(C1CCC1)C(C(=O)NC(Cc1ccccc1)C(=O)OC(C)(C)C)c1ccc(O)cc1. The van der Waals surface area contributed by atoms with Crippen molar-refractivity contribution in [2.24, 2.45) is 0 Å². The van der Waals surface area contributed by atoms with Crippen LogP contribution in [0, 0.1) is 0 Å². The summed E-state index contributed by atoms with van der Waals surface area (Å²) in [5.74, 6) is -2.02. The van der Waals surface area contributed by atoms with Gasteiger partial charge in [-0.15, -0.1) is 0 Å². The van der Waals surface area contributed by atoms with E-state index in [1.54, 1.807) is 41.5 Å². The van der Waals surface area contributed by atoms with Gasteiger partial charge in [-0.25, -0.2) is 9.59 Å². The van der Waals surface area contributed by atoms with Crippen LogP contribution >= 0.6 is 0 Å². The quantitative estimate of drug-likeness (QED) is 0.280. The lowest BCUT2D eigenvalue weighted by atomic mass is 9.88. The van der Waals surface area contributed by atoms with E-state index in [0.717, 1.165) is 12.0 Å². The lowest BCUT2D eigenvalue weighted by Gasteiger charge is -2.43. The second kappa shape index (κ2) is 14.6. The minimum Gasteiger partial charge on any atom is -0.508 e. The third-order valence-electron chi connectivity index (χ3n) is 6.92. The number of phenolic OH excluding ortho intramolecular Hbond substituents is 1. The van der Waals surface area contributed by atoms with Gasteiger partial charge < -0.3 is 35.2 Å². The van der Waals surface area contributed by atoms with Gasteiger partial charge in [0.2, 0.25) is 11.8 Å². The van der Waals surface area contributed by atoms with Gasteiger partial charge in [-0.3, -0.25) is 9.59 Å². The average molecular weight is 612 g/mol. The smallest absolute Gasteiger partial charge is 0.408 e. The summed E-state index contributed by atoms with van der Waals surface area (Å²) in [6.07, 6.45) is 1.25. The van der Waals surface area contributed by atoms with Gasteiger partial charge in [-0.05, 0) is 84.1 Å². The predicted octanol–water partition coefficient (Wildman–Crippen LogP) is 3.77. The molecule has 3 unspecified atom stereocenters. The highest BCUT2D eigenvalue weighted by Gasteiger charge is 2.43. The van der Waals surface area contributed by atoms with Crippen molar-refractivity contribution in [2.45, 2.75) is 103 Å². The normalized spacial score (nSPS) is 15.6. The van der Waals surface area contributed by atoms with Crippen LogP contribution in [-0.4, -0.2) is 74.9 Å². The second-order valence-corrected chi connectivity index (χ2v) is 13.0. The number of amides is 3. The molecule has 0 aliphatic heterocycles. The maximum atomic E-state index is 14.3. The summed E-state index contributed by atoms with van der Waals surface area (Å²) in [7, 11) is 0. The van der Waals surface area contributed by atoms with Crippen molar-refractivity contribution >= 4 is 23.9 Å². The summed E-state index contributed by atoms with van der Waals surface area (Å²) < 4.78 is 10.9. The zero-order valence-electron chi connectivity index (χ0n) is 26.3. The average Bonchev–Trinajstić information content (AvgIpc) is 2.89. The third kappa shape index (κ3) is 9.97. The van der Waals surface area contributed by atoms with Gasteiger partial charge in [0.25, 0.3) is 0 Å². The van der Waals surface area contributed by atoms with Crippen molar-refractivity contribution in [3.63, 3.8) is 0 Å². The zero-order chi connectivity index (χ0) is 32.7. The summed E-state index contributed by atoms with van der Waals surface area (Å²) in [6.45, 7) is 9.47. The Labute approximate surface area is 258 Å². The molecule has 0 aromatic heterocycles. The Morgan fingerprint density at radius 1 is 0.864 bits per heavy atom. The number of phenols is 1. The van der Waals surface area contributed by atoms with Gasteiger partial charge in [0.15, 0.2) is 0 Å². The first kappa shape index (κ1) is 34.4. The fourth-order valence-corrected chi connectivity index (χ4v) is 4.76. The van der Waals surface area contributed by atoms with E-state index in [2.05, 4.69) is 10.6 Å². The number of carbonyl (C=O) groups excluding carboxylic acids is 4. The fraction of sp³-hybridized carbons (Fsp3) is 0.515. The van der Waals surface area contributed by atoms with E-state index in [0.29, 0.717) is 18.4 Å². The molecule has 1 aliphatic rings. The van der Waals surface area contributed by atoms with Crippen molar-refractivity contribution in [1.82, 2.24) is 15.5 Å². The van der Waals surface area contributed by atoms with Crippen molar-refractivity contribution in [3.05, 3.63) is 65.7 Å². The Bertz CT molecular complexity index is 1280. The van der Waals surface area contributed by atoms with Crippen molar-refractivity contribution in [2.75, 3.05) is 6.61 Å². The minimum atomic E-state index is -1.40. The highest BCUT2D eigenvalue weighted by molar-refractivity contribution is 5.94. The highest BCUT2D eigenvalue weighted by Crippen LogP contribution is 2.34. The third-order valence-corrected chi connectivity index (χ3v) is 6.92. The molecule has 3 rings (SSSR count). The van der Waals surface area contributed by atoms with E-state index in [4.69, 9.17) is 9.47 Å². The van der Waals surface area contributed by atoms with E-state index < -0.39 is 59.8 Å². The Hall–Kier alpha value is -4.12. The predicted molar refractivity (Wildman–Crippen MR) is 163 cm³/mol. The first-order valence-corrected chi connectivity index (χ1v) is 14.9. The lowest BCUT2D eigenvalue weighted by molar-refractivity contribution is -0.159. The number of nitrogens with zero attached hydrogens (tertiary/aromatic N) is 1. The molecular weight excluding hydrogens is 566 g/mol. The standard InChI is InChI=1S/C33H45N3O8/c1-32(2,3)43-30(41)25(19-21-11-8-7-9-12-21)34-28(39)27(22-15-17-24(38)18-16-22)36(23-13-10-14-23)29(40)26(20-37)35-31(42)44-33(4,5)6/h7-9,11-12,15-18,23,25-27,37-38H,10,13-14,19-20H2,1-6H3,(H,34,39)(H,35,42). The molecule has 1 fully saturated rings. The molecule has 1 aliphatic carbocycles. The minimum absolute atomic E-state index is 0.0371. The molecule has 0 radical (unpaired) electrons. The van der Waals surface area contributed by atoms with E-state index >= 15 is 0 Å². The summed E-state index contributed by atoms with van der Waals surface area (Å²) in [6, 6.07) is 10.9. The number of ether oxygens (including phenoxy) is 2. The van der Waals surface area contributed by atoms with E-state index in [1.165, 1.54) is 29.2 Å². The molecule has 0 heterocycles. The molecule has 3 atom stereocenters. The van der Waals surface area contributed by atoms with Crippen LogP contribution in [0.3, 0.4) is 0 Å². The number of aromatic hydroxyl groups is 1. The molecular formula is C33H45N3O8. The van der Waals surface area contributed by atoms with Crippen molar-refractivity contribution < 1.29 is 38.9 Å². The molecule has 11 nitrogen and oxygen atoms in total. The number of alkyl carbamates (subject to hydrolysis) is 1.